The van der Waals surface area contributed by atoms with Crippen LogP contribution in [0, 0.1) is 6.92 Å². The first-order valence-corrected chi connectivity index (χ1v) is 6.63. The van der Waals surface area contributed by atoms with E-state index in [0.29, 0.717) is 0 Å². The molecule has 3 nitrogen and oxygen atoms in total. The van der Waals surface area contributed by atoms with Gasteiger partial charge in [-0.15, -0.1) is 0 Å². The molecule has 0 bridgehead atoms. The summed E-state index contributed by atoms with van der Waals surface area (Å²) in [6.07, 6.45) is 5.71. The van der Waals surface area contributed by atoms with E-state index in [1.54, 1.807) is 14.2 Å². The minimum absolute atomic E-state index is 0.261. The molecule has 0 spiro atoms. The van der Waals surface area contributed by atoms with Gasteiger partial charge in [-0.3, -0.25) is 0 Å². The van der Waals surface area contributed by atoms with E-state index in [2.05, 4.69) is 13.0 Å². The van der Waals surface area contributed by atoms with Crippen LogP contribution >= 0.6 is 0 Å². The summed E-state index contributed by atoms with van der Waals surface area (Å²) < 4.78 is 10.9. The molecule has 0 heterocycles. The van der Waals surface area contributed by atoms with Crippen LogP contribution in [0.2, 0.25) is 0 Å². The predicted octanol–water partition coefficient (Wildman–Crippen LogP) is 3.13. The van der Waals surface area contributed by atoms with Crippen molar-refractivity contribution >= 4 is 0 Å². The average Bonchev–Trinajstić information content (AvgIpc) is 2.38. The molecule has 3 heteroatoms. The molecule has 1 fully saturated rings. The normalized spacial score (nSPS) is 18.4. The number of aryl methyl sites for hydroxylation is 1. The lowest BCUT2D eigenvalue weighted by Gasteiger charge is -2.35. The molecular weight excluding hydrogens is 226 g/mol. The Morgan fingerprint density at radius 2 is 1.72 bits per heavy atom. The topological polar surface area (TPSA) is 44.5 Å². The monoisotopic (exact) mass is 249 g/mol. The molecule has 0 radical (unpaired) electrons. The van der Waals surface area contributed by atoms with E-state index in [9.17, 15) is 0 Å². The second kappa shape index (κ2) is 5.19. The van der Waals surface area contributed by atoms with Crippen LogP contribution in [0.25, 0.3) is 0 Å². The van der Waals surface area contributed by atoms with Gasteiger partial charge in [0, 0.05) is 11.1 Å². The molecular formula is C15H23NO2. The van der Waals surface area contributed by atoms with Gasteiger partial charge >= 0.3 is 0 Å². The highest BCUT2D eigenvalue weighted by atomic mass is 16.5. The van der Waals surface area contributed by atoms with Crippen molar-refractivity contribution in [2.24, 2.45) is 5.73 Å². The van der Waals surface area contributed by atoms with Crippen molar-refractivity contribution in [3.8, 4) is 11.5 Å². The molecule has 1 aliphatic carbocycles. The molecule has 2 N–H and O–H groups in total. The van der Waals surface area contributed by atoms with Crippen LogP contribution in [-0.2, 0) is 5.54 Å². The smallest absolute Gasteiger partial charge is 0.165 e. The molecule has 1 aromatic carbocycles. The molecule has 1 saturated carbocycles. The van der Waals surface area contributed by atoms with Crippen LogP contribution in [0.15, 0.2) is 12.1 Å². The standard InChI is InChI=1S/C15H23NO2/c1-11-9-12(14(18-3)13(10-11)17-2)15(16)7-5-4-6-8-15/h9-10H,4-8,16H2,1-3H3. The van der Waals surface area contributed by atoms with Crippen LogP contribution in [0.1, 0.15) is 43.2 Å². The lowest BCUT2D eigenvalue weighted by molar-refractivity contribution is 0.282. The third-order valence-electron chi connectivity index (χ3n) is 3.91. The summed E-state index contributed by atoms with van der Waals surface area (Å²) in [7, 11) is 3.36. The Kier molecular flexibility index (Phi) is 3.81. The fourth-order valence-electron chi connectivity index (χ4n) is 2.92. The molecule has 0 unspecified atom stereocenters. The second-order valence-electron chi connectivity index (χ2n) is 5.26. The highest BCUT2D eigenvalue weighted by molar-refractivity contribution is 5.52. The molecule has 0 saturated heterocycles. The minimum atomic E-state index is -0.261. The summed E-state index contributed by atoms with van der Waals surface area (Å²) in [4.78, 5) is 0. The van der Waals surface area contributed by atoms with Crippen molar-refractivity contribution in [1.29, 1.82) is 0 Å². The van der Waals surface area contributed by atoms with Gasteiger partial charge in [-0.25, -0.2) is 0 Å². The van der Waals surface area contributed by atoms with Crippen molar-refractivity contribution in [3.05, 3.63) is 23.3 Å². The van der Waals surface area contributed by atoms with E-state index in [-0.39, 0.29) is 5.54 Å². The summed E-state index contributed by atoms with van der Waals surface area (Å²) in [6, 6.07) is 4.14. The summed E-state index contributed by atoms with van der Waals surface area (Å²) in [5.74, 6) is 1.58. The van der Waals surface area contributed by atoms with Gasteiger partial charge in [0.1, 0.15) is 0 Å². The van der Waals surface area contributed by atoms with Gasteiger partial charge in [0.15, 0.2) is 11.5 Å². The SMILES string of the molecule is COc1cc(C)cc(C2(N)CCCCC2)c1OC. The van der Waals surface area contributed by atoms with Gasteiger partial charge in [0.2, 0.25) is 0 Å². The lowest BCUT2D eigenvalue weighted by Crippen LogP contribution is -2.39. The fourth-order valence-corrected chi connectivity index (χ4v) is 2.92. The molecule has 0 aromatic heterocycles. The Morgan fingerprint density at radius 1 is 1.06 bits per heavy atom. The first kappa shape index (κ1) is 13.2. The number of hydrogen-bond donors (Lipinski definition) is 1. The number of methoxy groups -OCH3 is 2. The van der Waals surface area contributed by atoms with Gasteiger partial charge in [0.25, 0.3) is 0 Å². The van der Waals surface area contributed by atoms with E-state index in [1.165, 1.54) is 19.3 Å². The third kappa shape index (κ3) is 2.32. The third-order valence-corrected chi connectivity index (χ3v) is 3.91. The molecule has 1 aromatic rings. The number of ether oxygens (including phenoxy) is 2. The molecule has 0 amide bonds. The number of hydrogen-bond acceptors (Lipinski definition) is 3. The van der Waals surface area contributed by atoms with E-state index >= 15 is 0 Å². The zero-order valence-corrected chi connectivity index (χ0v) is 11.6. The van der Waals surface area contributed by atoms with E-state index in [1.807, 2.05) is 6.07 Å². The van der Waals surface area contributed by atoms with Crippen molar-refractivity contribution in [2.75, 3.05) is 14.2 Å². The number of benzene rings is 1. The van der Waals surface area contributed by atoms with Crippen LogP contribution in [0.5, 0.6) is 11.5 Å². The van der Waals surface area contributed by atoms with Crippen LogP contribution < -0.4 is 15.2 Å². The van der Waals surface area contributed by atoms with Crippen molar-refractivity contribution in [3.63, 3.8) is 0 Å². The van der Waals surface area contributed by atoms with E-state index in [0.717, 1.165) is 35.5 Å². The Hall–Kier alpha value is -1.22. The molecule has 1 aliphatic rings. The zero-order valence-electron chi connectivity index (χ0n) is 11.6. The minimum Gasteiger partial charge on any atom is -0.493 e. The van der Waals surface area contributed by atoms with Crippen LogP contribution in [0.3, 0.4) is 0 Å². The largest absolute Gasteiger partial charge is 0.493 e. The van der Waals surface area contributed by atoms with Gasteiger partial charge in [-0.05, 0) is 31.4 Å². The summed E-state index contributed by atoms with van der Waals surface area (Å²) in [6.45, 7) is 2.07. The highest BCUT2D eigenvalue weighted by Crippen LogP contribution is 2.43. The van der Waals surface area contributed by atoms with Crippen LogP contribution in [0.4, 0.5) is 0 Å². The lowest BCUT2D eigenvalue weighted by atomic mass is 9.76. The maximum atomic E-state index is 6.61. The molecule has 100 valence electrons. The van der Waals surface area contributed by atoms with Gasteiger partial charge in [-0.2, -0.15) is 0 Å². The molecule has 0 aliphatic heterocycles. The number of rotatable bonds is 3. The number of nitrogens with two attached hydrogens (primary N) is 1. The van der Waals surface area contributed by atoms with Crippen LogP contribution in [-0.4, -0.2) is 14.2 Å². The Bertz CT molecular complexity index is 423. The molecule has 0 atom stereocenters. The highest BCUT2D eigenvalue weighted by Gasteiger charge is 2.33. The first-order chi connectivity index (χ1) is 8.60. The average molecular weight is 249 g/mol. The molecule has 18 heavy (non-hydrogen) atoms. The van der Waals surface area contributed by atoms with Crippen molar-refractivity contribution in [2.45, 2.75) is 44.6 Å². The first-order valence-electron chi connectivity index (χ1n) is 6.63. The maximum Gasteiger partial charge on any atom is 0.165 e. The Morgan fingerprint density at radius 3 is 2.28 bits per heavy atom. The Labute approximate surface area is 109 Å². The summed E-state index contributed by atoms with van der Waals surface area (Å²) in [5.41, 5.74) is 8.62. The van der Waals surface area contributed by atoms with E-state index < -0.39 is 0 Å². The van der Waals surface area contributed by atoms with Gasteiger partial charge < -0.3 is 15.2 Å². The quantitative estimate of drug-likeness (QED) is 0.895. The predicted molar refractivity (Wildman–Crippen MR) is 73.2 cm³/mol. The summed E-state index contributed by atoms with van der Waals surface area (Å²) in [5, 5.41) is 0. The zero-order chi connectivity index (χ0) is 13.2. The Balaban J connectivity index is 2.50. The van der Waals surface area contributed by atoms with Crippen molar-refractivity contribution in [1.82, 2.24) is 0 Å². The molecule has 2 rings (SSSR count). The second-order valence-corrected chi connectivity index (χ2v) is 5.26. The van der Waals surface area contributed by atoms with Crippen molar-refractivity contribution < 1.29 is 9.47 Å². The van der Waals surface area contributed by atoms with Gasteiger partial charge in [-0.1, -0.05) is 25.3 Å². The fraction of sp³-hybridized carbons (Fsp3) is 0.600. The van der Waals surface area contributed by atoms with E-state index in [4.69, 9.17) is 15.2 Å². The van der Waals surface area contributed by atoms with Gasteiger partial charge in [0.05, 0.1) is 14.2 Å². The summed E-state index contributed by atoms with van der Waals surface area (Å²) >= 11 is 0. The maximum absolute atomic E-state index is 6.61.